The quantitative estimate of drug-likeness (QED) is 0.844. The van der Waals surface area contributed by atoms with Crippen molar-refractivity contribution < 1.29 is 18.5 Å². The van der Waals surface area contributed by atoms with E-state index in [9.17, 15) is 14.0 Å². The first-order valence-electron chi connectivity index (χ1n) is 7.74. The lowest BCUT2D eigenvalue weighted by Crippen LogP contribution is -2.50. The Hall–Kier alpha value is -2.70. The van der Waals surface area contributed by atoms with Crippen LogP contribution < -0.4 is 0 Å². The maximum Gasteiger partial charge on any atom is 0.259 e. The minimum absolute atomic E-state index is 0.135. The molecule has 0 aliphatic carbocycles. The fourth-order valence-electron chi connectivity index (χ4n) is 2.86. The summed E-state index contributed by atoms with van der Waals surface area (Å²) in [6.07, 6.45) is 0. The molecule has 3 rings (SSSR count). The standard InChI is InChI=1S/C17H18FN3O3/c1-11-15(12(2)24-19-11)17(23)21-8-6-20(7-9-21)16(22)13-4-3-5-14(18)10-13/h3-5,10H,6-9H2,1-2H3. The van der Waals surface area contributed by atoms with Crippen LogP contribution in [0.4, 0.5) is 4.39 Å². The van der Waals surface area contributed by atoms with Crippen molar-refractivity contribution >= 4 is 11.8 Å². The molecule has 2 heterocycles. The predicted octanol–water partition coefficient (Wildman–Crippen LogP) is 2.03. The molecule has 0 saturated carbocycles. The van der Waals surface area contributed by atoms with Crippen LogP contribution in [0.1, 0.15) is 32.2 Å². The number of amides is 2. The van der Waals surface area contributed by atoms with Gasteiger partial charge in [0.2, 0.25) is 0 Å². The highest BCUT2D eigenvalue weighted by Gasteiger charge is 2.28. The van der Waals surface area contributed by atoms with Crippen LogP contribution in [0, 0.1) is 19.7 Å². The minimum atomic E-state index is -0.437. The van der Waals surface area contributed by atoms with Crippen molar-refractivity contribution in [3.05, 3.63) is 52.7 Å². The molecular formula is C17H18FN3O3. The molecule has 2 amide bonds. The van der Waals surface area contributed by atoms with Crippen LogP contribution in [0.3, 0.4) is 0 Å². The molecule has 0 N–H and O–H groups in total. The molecule has 1 saturated heterocycles. The van der Waals surface area contributed by atoms with Crippen molar-refractivity contribution in [1.82, 2.24) is 15.0 Å². The molecule has 0 atom stereocenters. The number of hydrogen-bond acceptors (Lipinski definition) is 4. The molecule has 6 nitrogen and oxygen atoms in total. The Morgan fingerprint density at radius 2 is 1.71 bits per heavy atom. The zero-order valence-corrected chi connectivity index (χ0v) is 13.6. The van der Waals surface area contributed by atoms with Gasteiger partial charge in [0.25, 0.3) is 11.8 Å². The Bertz CT molecular complexity index is 760. The summed E-state index contributed by atoms with van der Waals surface area (Å²) in [4.78, 5) is 28.3. The highest BCUT2D eigenvalue weighted by molar-refractivity contribution is 5.97. The number of halogens is 1. The highest BCUT2D eigenvalue weighted by Crippen LogP contribution is 2.17. The van der Waals surface area contributed by atoms with Crippen LogP contribution in [0.25, 0.3) is 0 Å². The second-order valence-corrected chi connectivity index (χ2v) is 5.79. The summed E-state index contributed by atoms with van der Waals surface area (Å²) in [5.74, 6) is -0.299. The fourth-order valence-corrected chi connectivity index (χ4v) is 2.86. The fraction of sp³-hybridized carbons (Fsp3) is 0.353. The van der Waals surface area contributed by atoms with E-state index in [0.29, 0.717) is 48.8 Å². The van der Waals surface area contributed by atoms with E-state index in [2.05, 4.69) is 5.16 Å². The SMILES string of the molecule is Cc1noc(C)c1C(=O)N1CCN(C(=O)c2cccc(F)c2)CC1. The third-order valence-corrected chi connectivity index (χ3v) is 4.17. The molecule has 1 aromatic heterocycles. The van der Waals surface area contributed by atoms with Crippen molar-refractivity contribution in [2.24, 2.45) is 0 Å². The Morgan fingerprint density at radius 3 is 2.25 bits per heavy atom. The number of benzene rings is 1. The number of hydrogen-bond donors (Lipinski definition) is 0. The van der Waals surface area contributed by atoms with Crippen LogP contribution >= 0.6 is 0 Å². The van der Waals surface area contributed by atoms with Crippen molar-refractivity contribution in [2.45, 2.75) is 13.8 Å². The van der Waals surface area contributed by atoms with E-state index in [0.717, 1.165) is 0 Å². The smallest absolute Gasteiger partial charge is 0.259 e. The van der Waals surface area contributed by atoms with Gasteiger partial charge in [0, 0.05) is 31.7 Å². The molecule has 0 radical (unpaired) electrons. The highest BCUT2D eigenvalue weighted by atomic mass is 19.1. The summed E-state index contributed by atoms with van der Waals surface area (Å²) in [6, 6.07) is 5.63. The molecular weight excluding hydrogens is 313 g/mol. The predicted molar refractivity (Wildman–Crippen MR) is 84.2 cm³/mol. The molecule has 1 aliphatic rings. The summed E-state index contributed by atoms with van der Waals surface area (Å²) in [5.41, 5.74) is 1.37. The van der Waals surface area contributed by atoms with E-state index in [-0.39, 0.29) is 11.8 Å². The van der Waals surface area contributed by atoms with E-state index in [1.165, 1.54) is 18.2 Å². The number of aromatic nitrogens is 1. The van der Waals surface area contributed by atoms with Crippen molar-refractivity contribution in [1.29, 1.82) is 0 Å². The number of aryl methyl sites for hydroxylation is 2. The van der Waals surface area contributed by atoms with Crippen LogP contribution in [-0.4, -0.2) is 52.9 Å². The average Bonchev–Trinajstić information content (AvgIpc) is 2.92. The first-order chi connectivity index (χ1) is 11.5. The zero-order chi connectivity index (χ0) is 17.3. The lowest BCUT2D eigenvalue weighted by atomic mass is 10.1. The Balaban J connectivity index is 1.66. The van der Waals surface area contributed by atoms with E-state index < -0.39 is 5.82 Å². The maximum absolute atomic E-state index is 13.3. The van der Waals surface area contributed by atoms with Gasteiger partial charge in [-0.05, 0) is 32.0 Å². The van der Waals surface area contributed by atoms with Gasteiger partial charge in [0.05, 0.1) is 5.69 Å². The molecule has 1 aliphatic heterocycles. The van der Waals surface area contributed by atoms with Crippen molar-refractivity contribution in [2.75, 3.05) is 26.2 Å². The van der Waals surface area contributed by atoms with E-state index in [1.807, 2.05) is 0 Å². The van der Waals surface area contributed by atoms with Crippen LogP contribution in [0.15, 0.2) is 28.8 Å². The maximum atomic E-state index is 13.3. The molecule has 126 valence electrons. The monoisotopic (exact) mass is 331 g/mol. The first-order valence-corrected chi connectivity index (χ1v) is 7.74. The zero-order valence-electron chi connectivity index (χ0n) is 13.6. The lowest BCUT2D eigenvalue weighted by molar-refractivity contribution is 0.0534. The Morgan fingerprint density at radius 1 is 1.08 bits per heavy atom. The molecule has 2 aromatic rings. The van der Waals surface area contributed by atoms with Crippen molar-refractivity contribution in [3.63, 3.8) is 0 Å². The average molecular weight is 331 g/mol. The summed E-state index contributed by atoms with van der Waals surface area (Å²) >= 11 is 0. The molecule has 24 heavy (non-hydrogen) atoms. The molecule has 0 bridgehead atoms. The summed E-state index contributed by atoms with van der Waals surface area (Å²) < 4.78 is 18.3. The van der Waals surface area contributed by atoms with Gasteiger partial charge in [0.15, 0.2) is 0 Å². The number of nitrogens with zero attached hydrogens (tertiary/aromatic N) is 3. The van der Waals surface area contributed by atoms with Crippen LogP contribution in [0.2, 0.25) is 0 Å². The Labute approximate surface area is 138 Å². The third kappa shape index (κ3) is 3.02. The van der Waals surface area contributed by atoms with Gasteiger partial charge in [-0.1, -0.05) is 11.2 Å². The second kappa shape index (κ2) is 6.43. The number of piperazine rings is 1. The van der Waals surface area contributed by atoms with Crippen molar-refractivity contribution in [3.8, 4) is 0 Å². The van der Waals surface area contributed by atoms with E-state index in [4.69, 9.17) is 4.52 Å². The molecule has 1 fully saturated rings. The second-order valence-electron chi connectivity index (χ2n) is 5.79. The largest absolute Gasteiger partial charge is 0.361 e. The molecule has 1 aromatic carbocycles. The van der Waals surface area contributed by atoms with E-state index >= 15 is 0 Å². The topological polar surface area (TPSA) is 66.7 Å². The van der Waals surface area contributed by atoms with Gasteiger partial charge in [-0.3, -0.25) is 9.59 Å². The van der Waals surface area contributed by atoms with Gasteiger partial charge in [-0.25, -0.2) is 4.39 Å². The number of rotatable bonds is 2. The van der Waals surface area contributed by atoms with Gasteiger partial charge < -0.3 is 14.3 Å². The molecule has 0 spiro atoms. The van der Waals surface area contributed by atoms with E-state index in [1.54, 1.807) is 29.7 Å². The van der Waals surface area contributed by atoms with Gasteiger partial charge in [0.1, 0.15) is 17.1 Å². The first kappa shape index (κ1) is 16.2. The number of carbonyl (C=O) groups is 2. The summed E-state index contributed by atoms with van der Waals surface area (Å²) in [7, 11) is 0. The Kier molecular flexibility index (Phi) is 4.33. The summed E-state index contributed by atoms with van der Waals surface area (Å²) in [6.45, 7) is 5.09. The van der Waals surface area contributed by atoms with Gasteiger partial charge in [-0.15, -0.1) is 0 Å². The molecule has 0 unspecified atom stereocenters. The van der Waals surface area contributed by atoms with Crippen LogP contribution in [-0.2, 0) is 0 Å². The molecule has 7 heteroatoms. The summed E-state index contributed by atoms with van der Waals surface area (Å²) in [5, 5.41) is 3.80. The normalized spacial score (nSPS) is 14.8. The third-order valence-electron chi connectivity index (χ3n) is 4.17. The minimum Gasteiger partial charge on any atom is -0.361 e. The van der Waals surface area contributed by atoms with Gasteiger partial charge in [-0.2, -0.15) is 0 Å². The lowest BCUT2D eigenvalue weighted by Gasteiger charge is -2.34. The van der Waals surface area contributed by atoms with Gasteiger partial charge >= 0.3 is 0 Å². The number of carbonyl (C=O) groups excluding carboxylic acids is 2. The van der Waals surface area contributed by atoms with Crippen LogP contribution in [0.5, 0.6) is 0 Å².